The third-order valence-electron chi connectivity index (χ3n) is 3.13. The second-order valence-electron chi connectivity index (χ2n) is 4.73. The molecule has 20 heavy (non-hydrogen) atoms. The van der Waals surface area contributed by atoms with Crippen LogP contribution in [0.25, 0.3) is 0 Å². The molecular weight excluding hydrogens is 264 g/mol. The summed E-state index contributed by atoms with van der Waals surface area (Å²) >= 11 is 0. The normalized spacial score (nSPS) is 19.9. The molecule has 1 fully saturated rings. The van der Waals surface area contributed by atoms with Gasteiger partial charge in [-0.3, -0.25) is 14.5 Å². The first kappa shape index (κ1) is 14.4. The van der Waals surface area contributed by atoms with E-state index in [1.807, 2.05) is 6.92 Å². The summed E-state index contributed by atoms with van der Waals surface area (Å²) in [5.74, 6) is -0.224. The smallest absolute Gasteiger partial charge is 0.305 e. The number of aryl methyl sites for hydroxylation is 1. The highest BCUT2D eigenvalue weighted by Crippen LogP contribution is 2.13. The van der Waals surface area contributed by atoms with E-state index in [1.54, 1.807) is 4.90 Å². The Hall–Kier alpha value is -1.96. The molecule has 2 N–H and O–H groups in total. The molecule has 1 saturated heterocycles. The van der Waals surface area contributed by atoms with Gasteiger partial charge in [-0.2, -0.15) is 4.98 Å². The molecule has 2 heterocycles. The first-order chi connectivity index (χ1) is 9.60. The summed E-state index contributed by atoms with van der Waals surface area (Å²) in [5, 5.41) is 15.4. The Morgan fingerprint density at radius 2 is 2.40 bits per heavy atom. The molecule has 1 aliphatic rings. The number of nitrogens with zero attached hydrogens (tertiary/aromatic N) is 3. The van der Waals surface area contributed by atoms with Crippen LogP contribution in [0.4, 0.5) is 0 Å². The molecule has 0 aromatic carbocycles. The Morgan fingerprint density at radius 3 is 3.10 bits per heavy atom. The van der Waals surface area contributed by atoms with Crippen LogP contribution in [-0.2, 0) is 22.6 Å². The van der Waals surface area contributed by atoms with E-state index in [0.29, 0.717) is 31.3 Å². The first-order valence-corrected chi connectivity index (χ1v) is 6.65. The monoisotopic (exact) mass is 282 g/mol. The fourth-order valence-electron chi connectivity index (χ4n) is 2.19. The van der Waals surface area contributed by atoms with Crippen molar-refractivity contribution in [3.8, 4) is 0 Å². The highest BCUT2D eigenvalue weighted by Gasteiger charge is 2.32. The fourth-order valence-corrected chi connectivity index (χ4v) is 2.19. The molecule has 1 aromatic rings. The van der Waals surface area contributed by atoms with Gasteiger partial charge >= 0.3 is 5.97 Å². The summed E-state index contributed by atoms with van der Waals surface area (Å²) < 4.78 is 5.13. The van der Waals surface area contributed by atoms with E-state index in [0.717, 1.165) is 12.8 Å². The maximum absolute atomic E-state index is 11.8. The van der Waals surface area contributed by atoms with Gasteiger partial charge < -0.3 is 14.9 Å². The Kier molecular flexibility index (Phi) is 4.67. The van der Waals surface area contributed by atoms with Gasteiger partial charge in [0, 0.05) is 19.5 Å². The maximum Gasteiger partial charge on any atom is 0.305 e. The van der Waals surface area contributed by atoms with Crippen molar-refractivity contribution in [1.29, 1.82) is 0 Å². The van der Waals surface area contributed by atoms with Crippen molar-refractivity contribution in [1.82, 2.24) is 20.4 Å². The third-order valence-corrected chi connectivity index (χ3v) is 3.13. The molecule has 2 rings (SSSR count). The molecule has 0 aliphatic carbocycles. The lowest BCUT2D eigenvalue weighted by atomic mass is 10.1. The average Bonchev–Trinajstić information content (AvgIpc) is 2.81. The van der Waals surface area contributed by atoms with Gasteiger partial charge in [-0.15, -0.1) is 0 Å². The molecule has 8 nitrogen and oxygen atoms in total. The van der Waals surface area contributed by atoms with Crippen molar-refractivity contribution >= 4 is 11.9 Å². The predicted octanol–water partition coefficient (Wildman–Crippen LogP) is -0.203. The first-order valence-electron chi connectivity index (χ1n) is 6.65. The van der Waals surface area contributed by atoms with Crippen molar-refractivity contribution in [3.05, 3.63) is 11.7 Å². The standard InChI is InChI=1S/C12H18N4O4/c1-2-3-9-14-10(20-15-9)7-16-5-4-13-12(19)8(16)6-11(17)18/h8H,2-7H2,1H3,(H,13,19)(H,17,18). The second-order valence-corrected chi connectivity index (χ2v) is 4.73. The van der Waals surface area contributed by atoms with Gasteiger partial charge in [-0.05, 0) is 6.42 Å². The zero-order chi connectivity index (χ0) is 14.5. The van der Waals surface area contributed by atoms with Crippen LogP contribution in [0.2, 0.25) is 0 Å². The molecule has 0 spiro atoms. The maximum atomic E-state index is 11.8. The molecule has 8 heteroatoms. The zero-order valence-corrected chi connectivity index (χ0v) is 11.3. The molecule has 1 unspecified atom stereocenters. The number of rotatable bonds is 6. The second kappa shape index (κ2) is 6.47. The number of aliphatic carboxylic acids is 1. The van der Waals surface area contributed by atoms with Crippen LogP contribution in [0.1, 0.15) is 31.5 Å². The van der Waals surface area contributed by atoms with E-state index in [9.17, 15) is 9.59 Å². The predicted molar refractivity (Wildman–Crippen MR) is 67.8 cm³/mol. The van der Waals surface area contributed by atoms with Crippen LogP contribution in [0.5, 0.6) is 0 Å². The molecule has 1 atom stereocenters. The van der Waals surface area contributed by atoms with Crippen LogP contribution in [0, 0.1) is 0 Å². The van der Waals surface area contributed by atoms with E-state index in [2.05, 4.69) is 15.5 Å². The van der Waals surface area contributed by atoms with Gasteiger partial charge in [-0.1, -0.05) is 12.1 Å². The molecule has 0 bridgehead atoms. The Balaban J connectivity index is 2.03. The molecule has 0 radical (unpaired) electrons. The lowest BCUT2D eigenvalue weighted by molar-refractivity contribution is -0.143. The molecule has 1 aromatic heterocycles. The lowest BCUT2D eigenvalue weighted by Crippen LogP contribution is -2.55. The highest BCUT2D eigenvalue weighted by molar-refractivity contribution is 5.86. The summed E-state index contributed by atoms with van der Waals surface area (Å²) in [6, 6.07) is -0.692. The van der Waals surface area contributed by atoms with Crippen LogP contribution in [0.3, 0.4) is 0 Å². The highest BCUT2D eigenvalue weighted by atomic mass is 16.5. The van der Waals surface area contributed by atoms with Crippen LogP contribution >= 0.6 is 0 Å². The minimum atomic E-state index is -1.01. The summed E-state index contributed by atoms with van der Waals surface area (Å²) in [7, 11) is 0. The van der Waals surface area contributed by atoms with Gasteiger partial charge in [0.2, 0.25) is 11.8 Å². The van der Waals surface area contributed by atoms with Crippen molar-refractivity contribution in [3.63, 3.8) is 0 Å². The van der Waals surface area contributed by atoms with Gasteiger partial charge in [0.1, 0.15) is 6.04 Å². The topological polar surface area (TPSA) is 109 Å². The number of carbonyl (C=O) groups excluding carboxylic acids is 1. The minimum absolute atomic E-state index is 0.234. The van der Waals surface area contributed by atoms with E-state index in [4.69, 9.17) is 9.63 Å². The molecule has 1 amide bonds. The Morgan fingerprint density at radius 1 is 1.60 bits per heavy atom. The quantitative estimate of drug-likeness (QED) is 0.743. The molecule has 1 aliphatic heterocycles. The summed E-state index contributed by atoms with van der Waals surface area (Å²) in [6.07, 6.45) is 1.43. The van der Waals surface area contributed by atoms with E-state index >= 15 is 0 Å². The summed E-state index contributed by atoms with van der Waals surface area (Å²) in [5.41, 5.74) is 0. The number of carbonyl (C=O) groups is 2. The van der Waals surface area contributed by atoms with Crippen LogP contribution in [0.15, 0.2) is 4.52 Å². The van der Waals surface area contributed by atoms with Gasteiger partial charge in [-0.25, -0.2) is 0 Å². The van der Waals surface area contributed by atoms with Crippen molar-refractivity contribution in [2.24, 2.45) is 0 Å². The molecule has 0 saturated carbocycles. The Bertz CT molecular complexity index is 488. The SMILES string of the molecule is CCCc1noc(CN2CCNC(=O)C2CC(=O)O)n1. The largest absolute Gasteiger partial charge is 0.481 e. The number of piperazine rings is 1. The van der Waals surface area contributed by atoms with Crippen LogP contribution in [-0.4, -0.2) is 51.2 Å². The van der Waals surface area contributed by atoms with E-state index < -0.39 is 12.0 Å². The number of amides is 1. The van der Waals surface area contributed by atoms with E-state index in [1.165, 1.54) is 0 Å². The van der Waals surface area contributed by atoms with Crippen LogP contribution < -0.4 is 5.32 Å². The van der Waals surface area contributed by atoms with Gasteiger partial charge in [0.05, 0.1) is 13.0 Å². The number of hydrogen-bond acceptors (Lipinski definition) is 6. The molecule has 110 valence electrons. The fraction of sp³-hybridized carbons (Fsp3) is 0.667. The zero-order valence-electron chi connectivity index (χ0n) is 11.3. The number of carboxylic acids is 1. The Labute approximate surface area is 116 Å². The minimum Gasteiger partial charge on any atom is -0.481 e. The summed E-state index contributed by atoms with van der Waals surface area (Å²) in [4.78, 5) is 28.6. The number of carboxylic acid groups (broad SMARTS) is 1. The van der Waals surface area contributed by atoms with Gasteiger partial charge in [0.15, 0.2) is 5.82 Å². The lowest BCUT2D eigenvalue weighted by Gasteiger charge is -2.32. The van der Waals surface area contributed by atoms with Crippen molar-refractivity contribution in [2.75, 3.05) is 13.1 Å². The number of hydrogen-bond donors (Lipinski definition) is 2. The molecular formula is C12H18N4O4. The van der Waals surface area contributed by atoms with Gasteiger partial charge in [0.25, 0.3) is 0 Å². The summed E-state index contributed by atoms with van der Waals surface area (Å²) in [6.45, 7) is 3.37. The number of nitrogens with one attached hydrogen (secondary N) is 1. The van der Waals surface area contributed by atoms with E-state index in [-0.39, 0.29) is 12.3 Å². The number of aromatic nitrogens is 2. The average molecular weight is 282 g/mol. The third kappa shape index (κ3) is 3.53. The van der Waals surface area contributed by atoms with Crippen molar-refractivity contribution in [2.45, 2.75) is 38.8 Å². The van der Waals surface area contributed by atoms with Crippen molar-refractivity contribution < 1.29 is 19.2 Å².